The van der Waals surface area contributed by atoms with Crippen LogP contribution < -0.4 is 19.9 Å². The molecule has 1 heterocycles. The number of ether oxygens (including phenoxy) is 3. The Hall–Kier alpha value is -1.17. The van der Waals surface area contributed by atoms with Crippen molar-refractivity contribution >= 4 is 12.4 Å². The fraction of sp³-hybridized carbons (Fsp3) is 0.625. The molecule has 0 amide bonds. The van der Waals surface area contributed by atoms with Gasteiger partial charge in [0, 0.05) is 13.1 Å². The van der Waals surface area contributed by atoms with Gasteiger partial charge in [0.25, 0.3) is 0 Å². The van der Waals surface area contributed by atoms with E-state index in [-0.39, 0.29) is 17.8 Å². The lowest BCUT2D eigenvalue weighted by Gasteiger charge is -2.23. The zero-order chi connectivity index (χ0) is 15.5. The van der Waals surface area contributed by atoms with Crippen LogP contribution in [0.4, 0.5) is 0 Å². The molecule has 1 atom stereocenters. The fourth-order valence-electron chi connectivity index (χ4n) is 2.91. The molecule has 126 valence electrons. The molecule has 0 spiro atoms. The maximum atomic E-state index is 5.87. The molecule has 0 radical (unpaired) electrons. The number of hydrogen-bond acceptors (Lipinski definition) is 5. The van der Waals surface area contributed by atoms with E-state index in [1.807, 2.05) is 12.1 Å². The van der Waals surface area contributed by atoms with Crippen molar-refractivity contribution in [1.82, 2.24) is 4.90 Å². The summed E-state index contributed by atoms with van der Waals surface area (Å²) in [5, 5.41) is 0. The number of nitrogens with zero attached hydrogens (tertiary/aromatic N) is 1. The molecule has 1 aliphatic rings. The Morgan fingerprint density at radius 2 is 1.73 bits per heavy atom. The number of rotatable bonds is 6. The van der Waals surface area contributed by atoms with Gasteiger partial charge in [-0.3, -0.25) is 4.90 Å². The van der Waals surface area contributed by atoms with Crippen molar-refractivity contribution in [2.45, 2.75) is 19.9 Å². The summed E-state index contributed by atoms with van der Waals surface area (Å²) in [7, 11) is 4.90. The average Bonchev–Trinajstić information content (AvgIpc) is 2.88. The van der Waals surface area contributed by atoms with Crippen molar-refractivity contribution in [3.05, 3.63) is 17.7 Å². The Morgan fingerprint density at radius 1 is 1.14 bits per heavy atom. The fourth-order valence-corrected chi connectivity index (χ4v) is 2.91. The Kier molecular flexibility index (Phi) is 6.78. The number of hydrogen-bond donors (Lipinski definition) is 1. The highest BCUT2D eigenvalue weighted by molar-refractivity contribution is 5.85. The van der Waals surface area contributed by atoms with Crippen molar-refractivity contribution in [2.24, 2.45) is 11.1 Å². The van der Waals surface area contributed by atoms with E-state index in [2.05, 4.69) is 11.8 Å². The van der Waals surface area contributed by atoms with Crippen LogP contribution in [-0.4, -0.2) is 45.9 Å². The van der Waals surface area contributed by atoms with E-state index in [1.165, 1.54) is 0 Å². The minimum Gasteiger partial charge on any atom is -0.493 e. The van der Waals surface area contributed by atoms with Crippen molar-refractivity contribution in [2.75, 3.05) is 41.0 Å². The summed E-state index contributed by atoms with van der Waals surface area (Å²) in [5.74, 6) is 2.04. The number of methoxy groups -OCH3 is 3. The van der Waals surface area contributed by atoms with Gasteiger partial charge in [-0.15, -0.1) is 12.4 Å². The second-order valence-corrected chi connectivity index (χ2v) is 6.01. The Bertz CT molecular complexity index is 473. The first-order valence-electron chi connectivity index (χ1n) is 7.26. The van der Waals surface area contributed by atoms with Crippen molar-refractivity contribution < 1.29 is 14.2 Å². The van der Waals surface area contributed by atoms with Gasteiger partial charge < -0.3 is 19.9 Å². The van der Waals surface area contributed by atoms with Crippen LogP contribution in [0.3, 0.4) is 0 Å². The number of halogens is 1. The van der Waals surface area contributed by atoms with E-state index < -0.39 is 0 Å². The Morgan fingerprint density at radius 3 is 2.14 bits per heavy atom. The van der Waals surface area contributed by atoms with Crippen molar-refractivity contribution in [3.63, 3.8) is 0 Å². The first kappa shape index (κ1) is 18.9. The lowest BCUT2D eigenvalue weighted by molar-refractivity contribution is 0.272. The van der Waals surface area contributed by atoms with Gasteiger partial charge in [-0.2, -0.15) is 0 Å². The summed E-state index contributed by atoms with van der Waals surface area (Å²) < 4.78 is 16.2. The third kappa shape index (κ3) is 3.97. The van der Waals surface area contributed by atoms with Crippen LogP contribution in [-0.2, 0) is 6.54 Å². The van der Waals surface area contributed by atoms with Crippen LogP contribution in [0.2, 0.25) is 0 Å². The zero-order valence-electron chi connectivity index (χ0n) is 13.8. The third-order valence-electron chi connectivity index (χ3n) is 4.26. The molecule has 1 saturated heterocycles. The van der Waals surface area contributed by atoms with E-state index in [0.29, 0.717) is 17.2 Å². The lowest BCUT2D eigenvalue weighted by atomic mass is 9.90. The topological polar surface area (TPSA) is 57.0 Å². The maximum Gasteiger partial charge on any atom is 0.203 e. The second-order valence-electron chi connectivity index (χ2n) is 6.01. The smallest absolute Gasteiger partial charge is 0.203 e. The molecular formula is C16H27ClN2O3. The third-order valence-corrected chi connectivity index (χ3v) is 4.26. The molecule has 2 rings (SSSR count). The van der Waals surface area contributed by atoms with E-state index in [1.54, 1.807) is 21.3 Å². The normalized spacial score (nSPS) is 21.3. The molecule has 1 aromatic carbocycles. The Labute approximate surface area is 139 Å². The molecule has 1 aromatic rings. The number of likely N-dealkylation sites (tertiary alicyclic amines) is 1. The summed E-state index contributed by atoms with van der Waals surface area (Å²) in [6, 6.07) is 4.03. The van der Waals surface area contributed by atoms with Crippen LogP contribution in [0.5, 0.6) is 17.2 Å². The van der Waals surface area contributed by atoms with Gasteiger partial charge in [-0.05, 0) is 42.6 Å². The van der Waals surface area contributed by atoms with Crippen molar-refractivity contribution in [1.29, 1.82) is 0 Å². The molecule has 0 saturated carbocycles. The zero-order valence-corrected chi connectivity index (χ0v) is 14.7. The average molecular weight is 331 g/mol. The van der Waals surface area contributed by atoms with Gasteiger partial charge in [-0.25, -0.2) is 0 Å². The van der Waals surface area contributed by atoms with Crippen LogP contribution in [0.25, 0.3) is 0 Å². The van der Waals surface area contributed by atoms with Gasteiger partial charge in [0.15, 0.2) is 11.5 Å². The van der Waals surface area contributed by atoms with E-state index in [0.717, 1.165) is 38.2 Å². The molecule has 22 heavy (non-hydrogen) atoms. The molecule has 1 aliphatic heterocycles. The first-order chi connectivity index (χ1) is 10.0. The monoisotopic (exact) mass is 330 g/mol. The maximum absolute atomic E-state index is 5.87. The van der Waals surface area contributed by atoms with E-state index >= 15 is 0 Å². The quantitative estimate of drug-likeness (QED) is 0.867. The van der Waals surface area contributed by atoms with Gasteiger partial charge in [-0.1, -0.05) is 6.92 Å². The SMILES string of the molecule is COc1cc(CN2CCC(C)(CN)C2)cc(OC)c1OC.Cl. The summed E-state index contributed by atoms with van der Waals surface area (Å²) in [6.45, 7) is 5.96. The molecule has 5 nitrogen and oxygen atoms in total. The minimum absolute atomic E-state index is 0. The highest BCUT2D eigenvalue weighted by atomic mass is 35.5. The van der Waals surface area contributed by atoms with Crippen LogP contribution in [0, 0.1) is 5.41 Å². The highest BCUT2D eigenvalue weighted by Crippen LogP contribution is 2.39. The predicted octanol–water partition coefficient (Wildman–Crippen LogP) is 2.30. The molecule has 0 bridgehead atoms. The van der Waals surface area contributed by atoms with Crippen LogP contribution in [0.1, 0.15) is 18.9 Å². The van der Waals surface area contributed by atoms with Gasteiger partial charge >= 0.3 is 0 Å². The highest BCUT2D eigenvalue weighted by Gasteiger charge is 2.32. The summed E-state index contributed by atoms with van der Waals surface area (Å²) >= 11 is 0. The molecule has 1 unspecified atom stereocenters. The molecule has 1 fully saturated rings. The van der Waals surface area contributed by atoms with Gasteiger partial charge in [0.1, 0.15) is 0 Å². The molecule has 6 heteroatoms. The second kappa shape index (κ2) is 7.90. The summed E-state index contributed by atoms with van der Waals surface area (Å²) in [4.78, 5) is 2.42. The molecular weight excluding hydrogens is 304 g/mol. The largest absolute Gasteiger partial charge is 0.493 e. The van der Waals surface area contributed by atoms with Gasteiger partial charge in [0.2, 0.25) is 5.75 Å². The lowest BCUT2D eigenvalue weighted by Crippen LogP contribution is -2.31. The first-order valence-corrected chi connectivity index (χ1v) is 7.26. The predicted molar refractivity (Wildman–Crippen MR) is 90.4 cm³/mol. The van der Waals surface area contributed by atoms with Crippen LogP contribution in [0.15, 0.2) is 12.1 Å². The summed E-state index contributed by atoms with van der Waals surface area (Å²) in [6.07, 6.45) is 1.15. The molecule has 0 aliphatic carbocycles. The number of benzene rings is 1. The van der Waals surface area contributed by atoms with Crippen molar-refractivity contribution in [3.8, 4) is 17.2 Å². The van der Waals surface area contributed by atoms with E-state index in [4.69, 9.17) is 19.9 Å². The standard InChI is InChI=1S/C16H26N2O3.ClH/c1-16(10-17)5-6-18(11-16)9-12-7-13(19-2)15(21-4)14(8-12)20-3;/h7-8H,5-6,9-11,17H2,1-4H3;1H. The minimum atomic E-state index is 0. The Balaban J connectivity index is 0.00000242. The van der Waals surface area contributed by atoms with Crippen LogP contribution >= 0.6 is 12.4 Å². The molecule has 0 aromatic heterocycles. The molecule has 2 N–H and O–H groups in total. The number of nitrogens with two attached hydrogens (primary N) is 1. The van der Waals surface area contributed by atoms with E-state index in [9.17, 15) is 0 Å². The van der Waals surface area contributed by atoms with Gasteiger partial charge in [0.05, 0.1) is 21.3 Å². The summed E-state index contributed by atoms with van der Waals surface area (Å²) in [5.41, 5.74) is 7.26.